The quantitative estimate of drug-likeness (QED) is 0.815. The third-order valence-corrected chi connectivity index (χ3v) is 4.74. The van der Waals surface area contributed by atoms with Crippen molar-refractivity contribution in [3.05, 3.63) is 53.1 Å². The van der Waals surface area contributed by atoms with Crippen LogP contribution >= 0.6 is 11.6 Å². The van der Waals surface area contributed by atoms with Gasteiger partial charge in [-0.25, -0.2) is 0 Å². The SMILES string of the molecule is COc1ccc2c(c1)C(NC(=O)C(C)Oc1ccc(Cl)cc1)CC(C)(C)O2. The first-order valence-electron chi connectivity index (χ1n) is 8.87. The number of nitrogens with one attached hydrogen (secondary N) is 1. The van der Waals surface area contributed by atoms with Crippen molar-refractivity contribution in [3.8, 4) is 17.2 Å². The molecule has 27 heavy (non-hydrogen) atoms. The highest BCUT2D eigenvalue weighted by Crippen LogP contribution is 2.41. The lowest BCUT2D eigenvalue weighted by molar-refractivity contribution is -0.128. The molecule has 0 aliphatic carbocycles. The van der Waals surface area contributed by atoms with Crippen LogP contribution in [0.3, 0.4) is 0 Å². The number of rotatable bonds is 5. The number of halogens is 1. The maximum absolute atomic E-state index is 12.7. The number of methoxy groups -OCH3 is 1. The van der Waals surface area contributed by atoms with Gasteiger partial charge in [-0.1, -0.05) is 11.6 Å². The summed E-state index contributed by atoms with van der Waals surface area (Å²) in [7, 11) is 1.62. The summed E-state index contributed by atoms with van der Waals surface area (Å²) >= 11 is 5.88. The number of fused-ring (bicyclic) bond motifs is 1. The summed E-state index contributed by atoms with van der Waals surface area (Å²) < 4.78 is 17.1. The van der Waals surface area contributed by atoms with Crippen LogP contribution in [-0.2, 0) is 4.79 Å². The molecule has 2 aromatic carbocycles. The molecule has 2 unspecified atom stereocenters. The van der Waals surface area contributed by atoms with Crippen molar-refractivity contribution in [2.45, 2.75) is 44.9 Å². The summed E-state index contributed by atoms with van der Waals surface area (Å²) in [4.78, 5) is 12.7. The van der Waals surface area contributed by atoms with Crippen LogP contribution in [0.15, 0.2) is 42.5 Å². The Morgan fingerprint density at radius 1 is 1.22 bits per heavy atom. The molecule has 0 fully saturated rings. The molecule has 0 saturated heterocycles. The topological polar surface area (TPSA) is 56.8 Å². The van der Waals surface area contributed by atoms with Crippen molar-refractivity contribution < 1.29 is 19.0 Å². The molecule has 1 aliphatic rings. The maximum Gasteiger partial charge on any atom is 0.261 e. The largest absolute Gasteiger partial charge is 0.497 e. The fourth-order valence-electron chi connectivity index (χ4n) is 3.15. The zero-order valence-corrected chi connectivity index (χ0v) is 16.7. The molecule has 2 aromatic rings. The smallest absolute Gasteiger partial charge is 0.261 e. The molecule has 0 aromatic heterocycles. The molecule has 0 radical (unpaired) electrons. The molecule has 5 nitrogen and oxygen atoms in total. The third kappa shape index (κ3) is 4.66. The third-order valence-electron chi connectivity index (χ3n) is 4.49. The first-order valence-corrected chi connectivity index (χ1v) is 9.25. The van der Waals surface area contributed by atoms with E-state index in [2.05, 4.69) is 5.32 Å². The predicted octanol–water partition coefficient (Wildman–Crippen LogP) is 4.53. The average Bonchev–Trinajstić information content (AvgIpc) is 2.62. The Labute approximate surface area is 164 Å². The van der Waals surface area contributed by atoms with Gasteiger partial charge in [-0.05, 0) is 63.2 Å². The Kier molecular flexibility index (Phi) is 5.51. The summed E-state index contributed by atoms with van der Waals surface area (Å²) in [5, 5.41) is 3.71. The Bertz CT molecular complexity index is 819. The normalized spacial score (nSPS) is 18.6. The van der Waals surface area contributed by atoms with Crippen molar-refractivity contribution in [1.29, 1.82) is 0 Å². The molecular weight excluding hydrogens is 366 g/mol. The van der Waals surface area contributed by atoms with Crippen molar-refractivity contribution in [3.63, 3.8) is 0 Å². The van der Waals surface area contributed by atoms with E-state index in [0.717, 1.165) is 17.1 Å². The van der Waals surface area contributed by atoms with Gasteiger partial charge in [-0.15, -0.1) is 0 Å². The van der Waals surface area contributed by atoms with Gasteiger partial charge in [0.1, 0.15) is 22.8 Å². The second-order valence-electron chi connectivity index (χ2n) is 7.24. The lowest BCUT2D eigenvalue weighted by Crippen LogP contribution is -2.44. The minimum atomic E-state index is -0.647. The predicted molar refractivity (Wildman–Crippen MR) is 105 cm³/mol. The van der Waals surface area contributed by atoms with Crippen molar-refractivity contribution in [2.75, 3.05) is 7.11 Å². The zero-order valence-electron chi connectivity index (χ0n) is 15.9. The van der Waals surface area contributed by atoms with Crippen LogP contribution in [0.1, 0.15) is 38.8 Å². The first-order chi connectivity index (χ1) is 12.8. The molecule has 3 rings (SSSR count). The molecule has 1 heterocycles. The van der Waals surface area contributed by atoms with Gasteiger partial charge in [-0.3, -0.25) is 4.79 Å². The first kappa shape index (κ1) is 19.4. The highest BCUT2D eigenvalue weighted by atomic mass is 35.5. The highest BCUT2D eigenvalue weighted by molar-refractivity contribution is 6.30. The lowest BCUT2D eigenvalue weighted by Gasteiger charge is -2.38. The number of carbonyl (C=O) groups excluding carboxylic acids is 1. The number of amides is 1. The fourth-order valence-corrected chi connectivity index (χ4v) is 3.27. The van der Waals surface area contributed by atoms with Gasteiger partial charge < -0.3 is 19.5 Å². The molecule has 0 saturated carbocycles. The summed E-state index contributed by atoms with van der Waals surface area (Å²) in [6.07, 6.45) is -0.00164. The minimum absolute atomic E-state index is 0.192. The molecule has 0 spiro atoms. The zero-order chi connectivity index (χ0) is 19.6. The van der Waals surface area contributed by atoms with Crippen LogP contribution in [0.2, 0.25) is 5.02 Å². The number of hydrogen-bond donors (Lipinski definition) is 1. The van der Waals surface area contributed by atoms with Crippen LogP contribution in [0.4, 0.5) is 0 Å². The second-order valence-corrected chi connectivity index (χ2v) is 7.68. The van der Waals surface area contributed by atoms with Crippen molar-refractivity contribution in [2.24, 2.45) is 0 Å². The Morgan fingerprint density at radius 2 is 1.89 bits per heavy atom. The van der Waals surface area contributed by atoms with Gasteiger partial charge in [0.2, 0.25) is 0 Å². The lowest BCUT2D eigenvalue weighted by atomic mass is 9.89. The van der Waals surface area contributed by atoms with Gasteiger partial charge in [0.15, 0.2) is 6.10 Å². The molecule has 1 amide bonds. The van der Waals surface area contributed by atoms with E-state index in [1.807, 2.05) is 32.0 Å². The Hall–Kier alpha value is -2.40. The maximum atomic E-state index is 12.7. The van der Waals surface area contributed by atoms with Crippen molar-refractivity contribution >= 4 is 17.5 Å². The van der Waals surface area contributed by atoms with Gasteiger partial charge in [0.05, 0.1) is 13.2 Å². The van der Waals surface area contributed by atoms with E-state index >= 15 is 0 Å². The van der Waals surface area contributed by atoms with E-state index in [1.165, 1.54) is 0 Å². The Balaban J connectivity index is 1.75. The van der Waals surface area contributed by atoms with Crippen LogP contribution in [0, 0.1) is 0 Å². The molecule has 2 atom stereocenters. The molecule has 1 aliphatic heterocycles. The number of hydrogen-bond acceptors (Lipinski definition) is 4. The fraction of sp³-hybridized carbons (Fsp3) is 0.381. The van der Waals surface area contributed by atoms with Gasteiger partial charge in [0, 0.05) is 17.0 Å². The number of ether oxygens (including phenoxy) is 3. The van der Waals surface area contributed by atoms with Crippen LogP contribution in [-0.4, -0.2) is 24.7 Å². The van der Waals surface area contributed by atoms with Crippen LogP contribution in [0.25, 0.3) is 0 Å². The van der Waals surface area contributed by atoms with E-state index in [0.29, 0.717) is 17.2 Å². The highest BCUT2D eigenvalue weighted by Gasteiger charge is 2.35. The van der Waals surface area contributed by atoms with E-state index in [-0.39, 0.29) is 17.6 Å². The van der Waals surface area contributed by atoms with E-state index in [9.17, 15) is 4.79 Å². The molecule has 144 valence electrons. The summed E-state index contributed by atoms with van der Waals surface area (Å²) in [6.45, 7) is 5.74. The van der Waals surface area contributed by atoms with Crippen LogP contribution < -0.4 is 19.5 Å². The van der Waals surface area contributed by atoms with Crippen molar-refractivity contribution in [1.82, 2.24) is 5.32 Å². The van der Waals surface area contributed by atoms with E-state index in [1.54, 1.807) is 38.3 Å². The average molecular weight is 390 g/mol. The molecular formula is C21H24ClNO4. The van der Waals surface area contributed by atoms with Gasteiger partial charge in [-0.2, -0.15) is 0 Å². The number of carbonyl (C=O) groups is 1. The van der Waals surface area contributed by atoms with Crippen LogP contribution in [0.5, 0.6) is 17.2 Å². The summed E-state index contributed by atoms with van der Waals surface area (Å²) in [5.41, 5.74) is 0.514. The summed E-state index contributed by atoms with van der Waals surface area (Å²) in [6, 6.07) is 12.4. The number of benzene rings is 2. The van der Waals surface area contributed by atoms with Gasteiger partial charge >= 0.3 is 0 Å². The monoisotopic (exact) mass is 389 g/mol. The minimum Gasteiger partial charge on any atom is -0.497 e. The molecule has 6 heteroatoms. The summed E-state index contributed by atoms with van der Waals surface area (Å²) in [5.74, 6) is 1.88. The molecule has 1 N–H and O–H groups in total. The van der Waals surface area contributed by atoms with E-state index in [4.69, 9.17) is 25.8 Å². The van der Waals surface area contributed by atoms with Gasteiger partial charge in [0.25, 0.3) is 5.91 Å². The second kappa shape index (κ2) is 7.69. The Morgan fingerprint density at radius 3 is 2.56 bits per heavy atom. The van der Waals surface area contributed by atoms with E-state index < -0.39 is 6.10 Å². The molecule has 0 bridgehead atoms. The standard InChI is InChI=1S/C21H24ClNO4/c1-13(26-15-7-5-14(22)6-8-15)20(24)23-18-12-21(2,3)27-19-10-9-16(25-4)11-17(18)19/h5-11,13,18H,12H2,1-4H3,(H,23,24).